The summed E-state index contributed by atoms with van der Waals surface area (Å²) < 4.78 is 0. The van der Waals surface area contributed by atoms with Crippen LogP contribution in [0.3, 0.4) is 0 Å². The van der Waals surface area contributed by atoms with Gasteiger partial charge in [0.15, 0.2) is 0 Å². The van der Waals surface area contributed by atoms with Crippen molar-refractivity contribution in [1.29, 1.82) is 0 Å². The van der Waals surface area contributed by atoms with E-state index in [2.05, 4.69) is 60.7 Å². The third-order valence-electron chi connectivity index (χ3n) is 3.35. The predicted molar refractivity (Wildman–Crippen MR) is 84.7 cm³/mol. The van der Waals surface area contributed by atoms with Gasteiger partial charge in [-0.1, -0.05) is 85.0 Å². The Balaban J connectivity index is 2.12. The molecule has 0 heteroatoms. The number of hydrogen-bond acceptors (Lipinski definition) is 0. The second-order valence-electron chi connectivity index (χ2n) is 4.62. The van der Waals surface area contributed by atoms with E-state index in [1.807, 2.05) is 24.3 Å². The van der Waals surface area contributed by atoms with Crippen LogP contribution in [0, 0.1) is 0 Å². The van der Waals surface area contributed by atoms with Gasteiger partial charge in [0, 0.05) is 0 Å². The van der Waals surface area contributed by atoms with Crippen LogP contribution in [0.25, 0.3) is 18.2 Å². The van der Waals surface area contributed by atoms with E-state index in [9.17, 15) is 0 Å². The molecule has 0 fully saturated rings. The highest BCUT2D eigenvalue weighted by molar-refractivity contribution is 5.78. The van der Waals surface area contributed by atoms with Gasteiger partial charge in [-0.25, -0.2) is 0 Å². The fraction of sp³-hybridized carbons (Fsp3) is 0.0526. The van der Waals surface area contributed by atoms with Crippen molar-refractivity contribution in [3.8, 4) is 0 Å². The Hall–Kier alpha value is -2.34. The molecule has 92 valence electrons. The Morgan fingerprint density at radius 1 is 0.579 bits per heavy atom. The van der Waals surface area contributed by atoms with Crippen molar-refractivity contribution in [2.75, 3.05) is 0 Å². The molecule has 0 atom stereocenters. The smallest absolute Gasteiger partial charge is 0.00879 e. The van der Waals surface area contributed by atoms with Crippen LogP contribution in [0.5, 0.6) is 0 Å². The minimum Gasteiger partial charge on any atom is -0.0795 e. The van der Waals surface area contributed by atoms with Gasteiger partial charge < -0.3 is 0 Å². The number of allylic oxidation sites excluding steroid dienone is 9. The average Bonchev–Trinajstić information content (AvgIpc) is 2.88. The quantitative estimate of drug-likeness (QED) is 0.604. The van der Waals surface area contributed by atoms with Gasteiger partial charge in [-0.3, -0.25) is 0 Å². The Bertz CT molecular complexity index is 647. The third-order valence-corrected chi connectivity index (χ3v) is 3.35. The van der Waals surface area contributed by atoms with Gasteiger partial charge in [0.2, 0.25) is 0 Å². The van der Waals surface area contributed by atoms with Gasteiger partial charge in [0.1, 0.15) is 0 Å². The largest absolute Gasteiger partial charge is 0.0795 e. The SMILES string of the molecule is C1=CC=CC=Cc2c(ccc3c2C=CC3)C=CC=C1. The number of hydrogen-bond donors (Lipinski definition) is 0. The Morgan fingerprint density at radius 2 is 1.26 bits per heavy atom. The summed E-state index contributed by atoms with van der Waals surface area (Å²) >= 11 is 0. The molecule has 0 bridgehead atoms. The second kappa shape index (κ2) is 5.53. The summed E-state index contributed by atoms with van der Waals surface area (Å²) in [4.78, 5) is 0. The van der Waals surface area contributed by atoms with Gasteiger partial charge >= 0.3 is 0 Å². The molecule has 0 aliphatic heterocycles. The first-order valence-electron chi connectivity index (χ1n) is 6.62. The first-order valence-corrected chi connectivity index (χ1v) is 6.62. The van der Waals surface area contributed by atoms with Crippen molar-refractivity contribution < 1.29 is 0 Å². The standard InChI is InChI=1S/C19H16/c1-2-4-6-8-12-18-16(10-7-5-3-1)14-15-17-11-9-13-19(17)18/h1-10,12-15H,11H2. The Morgan fingerprint density at radius 3 is 2.05 bits per heavy atom. The molecule has 0 radical (unpaired) electrons. The van der Waals surface area contributed by atoms with Gasteiger partial charge in [-0.05, 0) is 28.7 Å². The van der Waals surface area contributed by atoms with Crippen LogP contribution >= 0.6 is 0 Å². The van der Waals surface area contributed by atoms with Crippen molar-refractivity contribution in [3.05, 3.63) is 89.1 Å². The van der Waals surface area contributed by atoms with Gasteiger partial charge in [0.05, 0.1) is 0 Å². The Labute approximate surface area is 114 Å². The maximum atomic E-state index is 2.23. The van der Waals surface area contributed by atoms with E-state index in [-0.39, 0.29) is 0 Å². The maximum absolute atomic E-state index is 2.23. The van der Waals surface area contributed by atoms with Gasteiger partial charge in [-0.2, -0.15) is 0 Å². The summed E-state index contributed by atoms with van der Waals surface area (Å²) in [6.45, 7) is 0. The van der Waals surface area contributed by atoms with E-state index < -0.39 is 0 Å². The van der Waals surface area contributed by atoms with Crippen LogP contribution in [0.4, 0.5) is 0 Å². The molecule has 0 aromatic heterocycles. The molecule has 0 spiro atoms. The van der Waals surface area contributed by atoms with Crippen molar-refractivity contribution in [2.45, 2.75) is 6.42 Å². The van der Waals surface area contributed by atoms with E-state index in [1.165, 1.54) is 22.3 Å². The molecule has 1 aromatic rings. The normalized spacial score (nSPS) is 16.0. The molecule has 0 unspecified atom stereocenters. The minimum absolute atomic E-state index is 1.05. The van der Waals surface area contributed by atoms with E-state index in [1.54, 1.807) is 0 Å². The van der Waals surface area contributed by atoms with Crippen LogP contribution in [0.1, 0.15) is 22.3 Å². The van der Waals surface area contributed by atoms with E-state index >= 15 is 0 Å². The highest BCUT2D eigenvalue weighted by Crippen LogP contribution is 2.28. The molecule has 0 amide bonds. The highest BCUT2D eigenvalue weighted by atomic mass is 14.1. The molecule has 0 saturated carbocycles. The molecular formula is C19H16. The predicted octanol–water partition coefficient (Wildman–Crippen LogP) is 4.96. The van der Waals surface area contributed by atoms with Crippen LogP contribution in [-0.4, -0.2) is 0 Å². The molecule has 1 aromatic carbocycles. The lowest BCUT2D eigenvalue weighted by atomic mass is 9.96. The zero-order valence-electron chi connectivity index (χ0n) is 10.8. The van der Waals surface area contributed by atoms with Crippen LogP contribution < -0.4 is 0 Å². The monoisotopic (exact) mass is 244 g/mol. The summed E-state index contributed by atoms with van der Waals surface area (Å²) in [7, 11) is 0. The molecule has 2 aliphatic carbocycles. The third kappa shape index (κ3) is 2.58. The lowest BCUT2D eigenvalue weighted by Crippen LogP contribution is -1.90. The summed E-state index contributed by atoms with van der Waals surface area (Å²) in [6, 6.07) is 4.44. The van der Waals surface area contributed by atoms with Crippen molar-refractivity contribution >= 4 is 18.2 Å². The molecule has 3 rings (SSSR count). The first-order chi connectivity index (χ1) is 9.45. The van der Waals surface area contributed by atoms with Crippen molar-refractivity contribution in [1.82, 2.24) is 0 Å². The second-order valence-corrected chi connectivity index (χ2v) is 4.62. The van der Waals surface area contributed by atoms with Crippen LogP contribution in [0.15, 0.2) is 66.8 Å². The molecular weight excluding hydrogens is 228 g/mol. The van der Waals surface area contributed by atoms with E-state index in [4.69, 9.17) is 0 Å². The van der Waals surface area contributed by atoms with Crippen molar-refractivity contribution in [3.63, 3.8) is 0 Å². The molecule has 0 saturated heterocycles. The Kier molecular flexibility index (Phi) is 3.42. The van der Waals surface area contributed by atoms with E-state index in [0.29, 0.717) is 0 Å². The fourth-order valence-corrected chi connectivity index (χ4v) is 2.40. The minimum atomic E-state index is 1.05. The zero-order chi connectivity index (χ0) is 12.9. The van der Waals surface area contributed by atoms with E-state index in [0.717, 1.165) is 6.42 Å². The van der Waals surface area contributed by atoms with Crippen molar-refractivity contribution in [2.24, 2.45) is 0 Å². The van der Waals surface area contributed by atoms with Crippen LogP contribution in [-0.2, 0) is 6.42 Å². The summed E-state index contributed by atoms with van der Waals surface area (Å²) in [5.74, 6) is 0. The molecule has 0 N–H and O–H groups in total. The lowest BCUT2D eigenvalue weighted by Gasteiger charge is -2.08. The zero-order valence-corrected chi connectivity index (χ0v) is 10.8. The summed E-state index contributed by atoms with van der Waals surface area (Å²) in [6.07, 6.45) is 26.4. The first kappa shape index (κ1) is 11.7. The van der Waals surface area contributed by atoms with Gasteiger partial charge in [-0.15, -0.1) is 0 Å². The average molecular weight is 244 g/mol. The number of benzene rings is 1. The summed E-state index contributed by atoms with van der Waals surface area (Å²) in [5, 5.41) is 0. The molecule has 0 heterocycles. The fourth-order valence-electron chi connectivity index (χ4n) is 2.40. The van der Waals surface area contributed by atoms with Crippen LogP contribution in [0.2, 0.25) is 0 Å². The highest BCUT2D eigenvalue weighted by Gasteiger charge is 2.10. The van der Waals surface area contributed by atoms with Gasteiger partial charge in [0.25, 0.3) is 0 Å². The number of fused-ring (bicyclic) bond motifs is 3. The lowest BCUT2D eigenvalue weighted by molar-refractivity contribution is 1.30. The molecule has 0 nitrogen and oxygen atoms in total. The topological polar surface area (TPSA) is 0 Å². The summed E-state index contributed by atoms with van der Waals surface area (Å²) in [5.41, 5.74) is 5.36. The maximum Gasteiger partial charge on any atom is -0.00879 e. The molecule has 2 aliphatic rings. The molecule has 19 heavy (non-hydrogen) atoms. The number of rotatable bonds is 0.